The van der Waals surface area contributed by atoms with E-state index in [9.17, 15) is 0 Å². The van der Waals surface area contributed by atoms with Gasteiger partial charge in [-0.05, 0) is 0 Å². The molecule has 0 heterocycles. The fourth-order valence-electron chi connectivity index (χ4n) is 0.191. The van der Waals surface area contributed by atoms with Gasteiger partial charge in [0.1, 0.15) is 0 Å². The van der Waals surface area contributed by atoms with Crippen LogP contribution >= 0.6 is 12.6 Å². The number of hydrogen-bond acceptors (Lipinski definition) is 4. The molecule has 12 heavy (non-hydrogen) atoms. The van der Waals surface area contributed by atoms with Crippen molar-refractivity contribution in [3.8, 4) is 0 Å². The molecule has 0 amide bonds. The van der Waals surface area contributed by atoms with E-state index in [1.54, 1.807) is 0 Å². The van der Waals surface area contributed by atoms with E-state index in [1.807, 2.05) is 0 Å². The highest BCUT2D eigenvalue weighted by Gasteiger charge is 1.84. The van der Waals surface area contributed by atoms with Gasteiger partial charge in [0, 0.05) is 12.3 Å². The third-order valence-corrected chi connectivity index (χ3v) is 0.651. The van der Waals surface area contributed by atoms with Crippen LogP contribution in [0.3, 0.4) is 0 Å². The number of guanidine groups is 1. The van der Waals surface area contributed by atoms with E-state index in [1.165, 1.54) is 0 Å². The van der Waals surface area contributed by atoms with Gasteiger partial charge < -0.3 is 11.1 Å². The molecule has 0 aromatic rings. The van der Waals surface area contributed by atoms with Crippen LogP contribution in [-0.4, -0.2) is 35.8 Å². The minimum absolute atomic E-state index is 0.00838. The van der Waals surface area contributed by atoms with Gasteiger partial charge in [-0.15, -0.1) is 0 Å². The summed E-state index contributed by atoms with van der Waals surface area (Å²) in [6.07, 6.45) is 0. The van der Waals surface area contributed by atoms with Crippen LogP contribution in [0, 0.1) is 5.41 Å². The largest absolute Gasteiger partial charge is 0.394 e. The lowest BCUT2D eigenvalue weighted by atomic mass is 10.7. The van der Waals surface area contributed by atoms with Crippen molar-refractivity contribution >= 4 is 29.0 Å². The van der Waals surface area contributed by atoms with E-state index in [0.717, 1.165) is 0 Å². The lowest BCUT2D eigenvalue weighted by molar-refractivity contribution is 0.381. The summed E-state index contributed by atoms with van der Waals surface area (Å²) in [5.41, 5.74) is 4.92. The van der Waals surface area contributed by atoms with Crippen molar-refractivity contribution < 1.29 is 17.5 Å². The highest BCUT2D eigenvalue weighted by Crippen LogP contribution is 1.64. The minimum Gasteiger partial charge on any atom is -0.370 e. The predicted octanol–water partition coefficient (Wildman–Crippen LogP) is -1.25. The topological polar surface area (TPSA) is 136 Å². The molecule has 74 valence electrons. The Bertz CT molecular complexity index is 206. The summed E-state index contributed by atoms with van der Waals surface area (Å²) in [5, 5.41) is 9.21. The Kier molecular flexibility index (Phi) is 8.37. The first-order valence-corrected chi connectivity index (χ1v) is 4.69. The molecule has 0 aliphatic carbocycles. The van der Waals surface area contributed by atoms with Crippen molar-refractivity contribution in [2.75, 3.05) is 12.3 Å². The summed E-state index contributed by atoms with van der Waals surface area (Å²) in [7, 11) is -4.67. The highest BCUT2D eigenvalue weighted by molar-refractivity contribution is 7.80. The SMILES string of the molecule is N=C(N)NCCS.O=S(=O)(O)O. The Labute approximate surface area is 75.8 Å². The van der Waals surface area contributed by atoms with Crippen LogP contribution in [0.4, 0.5) is 0 Å². The molecule has 0 fully saturated rings. The second-order valence-corrected chi connectivity index (χ2v) is 2.85. The first kappa shape index (κ1) is 14.0. The van der Waals surface area contributed by atoms with Crippen molar-refractivity contribution in [2.45, 2.75) is 0 Å². The zero-order valence-electron chi connectivity index (χ0n) is 6.06. The summed E-state index contributed by atoms with van der Waals surface area (Å²) in [4.78, 5) is 0. The van der Waals surface area contributed by atoms with Crippen LogP contribution in [-0.2, 0) is 10.4 Å². The van der Waals surface area contributed by atoms with Crippen molar-refractivity contribution in [1.82, 2.24) is 5.32 Å². The van der Waals surface area contributed by atoms with Crippen LogP contribution in [0.2, 0.25) is 0 Å². The van der Waals surface area contributed by atoms with Crippen LogP contribution in [0.15, 0.2) is 0 Å². The number of rotatable bonds is 2. The minimum atomic E-state index is -4.67. The fraction of sp³-hybridized carbons (Fsp3) is 0.667. The monoisotopic (exact) mass is 217 g/mol. The van der Waals surface area contributed by atoms with Crippen molar-refractivity contribution in [1.29, 1.82) is 5.41 Å². The average molecular weight is 217 g/mol. The zero-order valence-corrected chi connectivity index (χ0v) is 7.77. The molecule has 0 saturated carbocycles. The molecule has 0 rings (SSSR count). The van der Waals surface area contributed by atoms with E-state index in [-0.39, 0.29) is 5.96 Å². The summed E-state index contributed by atoms with van der Waals surface area (Å²) < 4.78 is 31.6. The molecule has 0 aliphatic rings. The molecule has 0 aromatic carbocycles. The van der Waals surface area contributed by atoms with Gasteiger partial charge >= 0.3 is 10.4 Å². The van der Waals surface area contributed by atoms with E-state index >= 15 is 0 Å². The Morgan fingerprint density at radius 2 is 1.92 bits per heavy atom. The van der Waals surface area contributed by atoms with E-state index in [0.29, 0.717) is 12.3 Å². The number of nitrogens with two attached hydrogens (primary N) is 1. The Hall–Kier alpha value is -0.510. The van der Waals surface area contributed by atoms with Crippen molar-refractivity contribution in [3.05, 3.63) is 0 Å². The molecule has 0 aromatic heterocycles. The van der Waals surface area contributed by atoms with Crippen molar-refractivity contribution in [2.24, 2.45) is 5.73 Å². The third kappa shape index (κ3) is 56.2. The molecule has 0 unspecified atom stereocenters. The first-order chi connectivity index (χ1) is 5.27. The molecule has 9 heteroatoms. The van der Waals surface area contributed by atoms with Gasteiger partial charge in [0.2, 0.25) is 0 Å². The Morgan fingerprint density at radius 3 is 2.00 bits per heavy atom. The van der Waals surface area contributed by atoms with Gasteiger partial charge in [-0.1, -0.05) is 0 Å². The van der Waals surface area contributed by atoms with Gasteiger partial charge in [0.05, 0.1) is 0 Å². The summed E-state index contributed by atoms with van der Waals surface area (Å²) in [6, 6.07) is 0. The second-order valence-electron chi connectivity index (χ2n) is 1.51. The zero-order chi connectivity index (χ0) is 10.2. The first-order valence-electron chi connectivity index (χ1n) is 2.66. The molecule has 6 N–H and O–H groups in total. The Balaban J connectivity index is 0. The molecule has 0 saturated heterocycles. The van der Waals surface area contributed by atoms with E-state index in [2.05, 4.69) is 17.9 Å². The average Bonchev–Trinajstić information content (AvgIpc) is 1.79. The number of hydrogen-bond donors (Lipinski definition) is 6. The fourth-order valence-corrected chi connectivity index (χ4v) is 0.302. The van der Waals surface area contributed by atoms with Crippen molar-refractivity contribution in [3.63, 3.8) is 0 Å². The van der Waals surface area contributed by atoms with Gasteiger partial charge in [-0.25, -0.2) is 0 Å². The standard InChI is InChI=1S/C3H9N3S.H2O4S/c4-3(5)6-1-2-7;1-5(2,3)4/h7H,1-2H2,(H4,4,5,6);(H2,1,2,3,4). The predicted molar refractivity (Wildman–Crippen MR) is 47.9 cm³/mol. The molecule has 7 nitrogen and oxygen atoms in total. The molecule has 0 atom stereocenters. The maximum absolute atomic E-state index is 8.74. The van der Waals surface area contributed by atoms with E-state index < -0.39 is 10.4 Å². The summed E-state index contributed by atoms with van der Waals surface area (Å²) in [6.45, 7) is 0.665. The quantitative estimate of drug-likeness (QED) is 0.148. The lowest BCUT2D eigenvalue weighted by Crippen LogP contribution is -2.31. The van der Waals surface area contributed by atoms with Gasteiger partial charge in [0.15, 0.2) is 5.96 Å². The van der Waals surface area contributed by atoms with Gasteiger partial charge in [-0.2, -0.15) is 21.0 Å². The summed E-state index contributed by atoms with van der Waals surface area (Å²) >= 11 is 3.88. The third-order valence-electron chi connectivity index (χ3n) is 0.427. The maximum Gasteiger partial charge on any atom is 0.394 e. The van der Waals surface area contributed by atoms with Crippen LogP contribution in [0.5, 0.6) is 0 Å². The normalized spacial score (nSPS) is 9.58. The summed E-state index contributed by atoms with van der Waals surface area (Å²) in [5.74, 6) is 0.716. The van der Waals surface area contributed by atoms with Crippen LogP contribution in [0.25, 0.3) is 0 Å². The number of nitrogens with one attached hydrogen (secondary N) is 2. The highest BCUT2D eigenvalue weighted by atomic mass is 32.3. The molecule has 0 aliphatic heterocycles. The lowest BCUT2D eigenvalue weighted by Gasteiger charge is -1.96. The molecule has 0 spiro atoms. The number of thiol groups is 1. The van der Waals surface area contributed by atoms with Gasteiger partial charge in [-0.3, -0.25) is 14.5 Å². The maximum atomic E-state index is 8.74. The molecular weight excluding hydrogens is 206 g/mol. The molecular formula is C3H11N3O4S2. The molecule has 0 bridgehead atoms. The van der Waals surface area contributed by atoms with E-state index in [4.69, 9.17) is 28.7 Å². The second kappa shape index (κ2) is 7.16. The van der Waals surface area contributed by atoms with Crippen LogP contribution < -0.4 is 11.1 Å². The van der Waals surface area contributed by atoms with Crippen LogP contribution in [0.1, 0.15) is 0 Å². The van der Waals surface area contributed by atoms with Gasteiger partial charge in [0.25, 0.3) is 0 Å². The smallest absolute Gasteiger partial charge is 0.370 e. The molecule has 0 radical (unpaired) electrons. The Morgan fingerprint density at radius 1 is 1.58 bits per heavy atom.